The van der Waals surface area contributed by atoms with Crippen LogP contribution in [-0.2, 0) is 75.9 Å². The van der Waals surface area contributed by atoms with E-state index in [0.29, 0.717) is 31.6 Å². The fraction of sp³-hybridized carbons (Fsp3) is 0.960. The molecular weight excluding hydrogens is 889 g/mol. The average Bonchev–Trinajstić information content (AvgIpc) is 3.78. The number of esters is 1. The summed E-state index contributed by atoms with van der Waals surface area (Å²) in [5.41, 5.74) is -0.851. The molecule has 18 heteroatoms. The molecule has 1 spiro atoms. The van der Waals surface area contributed by atoms with Gasteiger partial charge in [0.1, 0.15) is 24.4 Å². The van der Waals surface area contributed by atoms with Gasteiger partial charge in [0.2, 0.25) is 0 Å². The van der Waals surface area contributed by atoms with Crippen molar-refractivity contribution in [1.82, 2.24) is 0 Å². The van der Waals surface area contributed by atoms with E-state index >= 15 is 0 Å². The number of fused-ring (bicyclic) bond motifs is 5. The molecule has 18 nitrogen and oxygen atoms in total. The van der Waals surface area contributed by atoms with Crippen LogP contribution in [0.25, 0.3) is 0 Å². The number of methoxy groups -OCH3 is 3. The van der Waals surface area contributed by atoms with Crippen LogP contribution < -0.4 is 0 Å². The van der Waals surface area contributed by atoms with Crippen molar-refractivity contribution in [3.05, 3.63) is 0 Å². The van der Waals surface area contributed by atoms with Crippen LogP contribution in [0.1, 0.15) is 126 Å². The molecule has 9 fully saturated rings. The van der Waals surface area contributed by atoms with Crippen molar-refractivity contribution in [2.45, 2.75) is 255 Å². The molecule has 26 atom stereocenters. The summed E-state index contributed by atoms with van der Waals surface area (Å²) in [5.74, 6) is -0.792. The van der Waals surface area contributed by atoms with E-state index in [-0.39, 0.29) is 66.1 Å². The third kappa shape index (κ3) is 9.39. The maximum atomic E-state index is 14.0. The Kier molecular flexibility index (Phi) is 15.2. The lowest BCUT2D eigenvalue weighted by Gasteiger charge is -2.57. The zero-order valence-electron chi connectivity index (χ0n) is 42.0. The number of ketones is 1. The van der Waals surface area contributed by atoms with Gasteiger partial charge in [0, 0.05) is 72.2 Å². The minimum atomic E-state index is -0.907. The predicted octanol–water partition coefficient (Wildman–Crippen LogP) is 4.48. The average molecular weight is 969 g/mol. The van der Waals surface area contributed by atoms with Crippen LogP contribution in [0.3, 0.4) is 0 Å². The highest BCUT2D eigenvalue weighted by atomic mass is 16.8. The van der Waals surface area contributed by atoms with Gasteiger partial charge in [0.05, 0.1) is 72.6 Å². The van der Waals surface area contributed by atoms with Crippen LogP contribution in [0.4, 0.5) is 0 Å². The van der Waals surface area contributed by atoms with E-state index in [2.05, 4.69) is 13.8 Å². The van der Waals surface area contributed by atoms with Gasteiger partial charge >= 0.3 is 5.97 Å². The van der Waals surface area contributed by atoms with Gasteiger partial charge in [-0.3, -0.25) is 9.59 Å². The van der Waals surface area contributed by atoms with Gasteiger partial charge in [-0.05, 0) is 91.4 Å². The summed E-state index contributed by atoms with van der Waals surface area (Å²) in [6.45, 7) is 15.3. The molecule has 2 N–H and O–H groups in total. The number of carbonyl (C=O) groups is 2. The summed E-state index contributed by atoms with van der Waals surface area (Å²) in [7, 11) is 4.85. The quantitative estimate of drug-likeness (QED) is 0.204. The number of hydrogen-bond donors (Lipinski definition) is 2. The Morgan fingerprint density at radius 1 is 0.618 bits per heavy atom. The first-order valence-corrected chi connectivity index (χ1v) is 25.6. The number of Topliss-reactive ketones (excluding diaryl/α,β-unsaturated/α-hetero) is 1. The number of rotatable bonds is 12. The van der Waals surface area contributed by atoms with Gasteiger partial charge in [-0.15, -0.1) is 0 Å². The van der Waals surface area contributed by atoms with Gasteiger partial charge in [0.25, 0.3) is 0 Å². The minimum absolute atomic E-state index is 0.00176. The van der Waals surface area contributed by atoms with Crippen LogP contribution in [0.15, 0.2) is 0 Å². The predicted molar refractivity (Wildman–Crippen MR) is 237 cm³/mol. The lowest BCUT2D eigenvalue weighted by atomic mass is 9.52. The number of aliphatic hydroxyl groups excluding tert-OH is 2. The molecule has 0 radical (unpaired) electrons. The van der Waals surface area contributed by atoms with E-state index in [4.69, 9.17) is 66.3 Å². The first-order valence-electron chi connectivity index (χ1n) is 25.6. The second-order valence-electron chi connectivity index (χ2n) is 22.1. The monoisotopic (exact) mass is 969 g/mol. The standard InChI is InChI=1S/C50H80O18/c1-23-31-17-36(62-28(6)51)47(54)49(31,8)38-22-37-48(7)14-13-30(16-29(48)12-15-50(37,67-23)68-38)63-40-20-34(56-10)45(26(4)60-40)65-39-18-32(52)44(25(3)59-39)64-42-21-35(57-11)46(27(5)61-42)66-41-19-33(55-9)43(53)24(2)58-41/h23-27,29-46,52-53H,12-22H2,1-11H3. The lowest BCUT2D eigenvalue weighted by molar-refractivity contribution is -0.346. The zero-order valence-corrected chi connectivity index (χ0v) is 42.0. The molecule has 6 saturated heterocycles. The third-order valence-electron chi connectivity index (χ3n) is 18.2. The third-order valence-corrected chi connectivity index (χ3v) is 18.2. The molecule has 2 bridgehead atoms. The summed E-state index contributed by atoms with van der Waals surface area (Å²) < 4.78 is 88.0. The molecule has 3 aliphatic carbocycles. The Hall–Kier alpha value is -1.46. The van der Waals surface area contributed by atoms with Crippen molar-refractivity contribution in [3.63, 3.8) is 0 Å². The summed E-state index contributed by atoms with van der Waals surface area (Å²) in [6, 6.07) is 0. The molecule has 0 aromatic carbocycles. The smallest absolute Gasteiger partial charge is 0.303 e. The first-order chi connectivity index (χ1) is 32.3. The van der Waals surface area contributed by atoms with Gasteiger partial charge in [-0.25, -0.2) is 0 Å². The number of carbonyl (C=O) groups excluding carboxylic acids is 2. The van der Waals surface area contributed by atoms with Crippen LogP contribution in [0.5, 0.6) is 0 Å². The highest BCUT2D eigenvalue weighted by Crippen LogP contribution is 2.67. The van der Waals surface area contributed by atoms with Gasteiger partial charge in [-0.1, -0.05) is 6.92 Å². The molecule has 9 rings (SSSR count). The molecule has 9 aliphatic rings. The molecule has 3 saturated carbocycles. The van der Waals surface area contributed by atoms with Gasteiger partial charge in [-0.2, -0.15) is 0 Å². The van der Waals surface area contributed by atoms with Crippen LogP contribution in [-0.4, -0.2) is 172 Å². The highest BCUT2D eigenvalue weighted by Gasteiger charge is 2.72. The summed E-state index contributed by atoms with van der Waals surface area (Å²) in [6.07, 6.45) is -3.09. The topological polar surface area (TPSA) is 204 Å². The van der Waals surface area contributed by atoms with Crippen molar-refractivity contribution < 1.29 is 86.1 Å². The zero-order chi connectivity index (χ0) is 48.6. The maximum Gasteiger partial charge on any atom is 0.303 e. The number of hydrogen-bond acceptors (Lipinski definition) is 18. The molecule has 388 valence electrons. The van der Waals surface area contributed by atoms with E-state index in [9.17, 15) is 19.8 Å². The molecule has 26 unspecified atom stereocenters. The number of aliphatic hydroxyl groups is 2. The van der Waals surface area contributed by atoms with Crippen molar-refractivity contribution in [2.24, 2.45) is 28.6 Å². The van der Waals surface area contributed by atoms with E-state index in [1.54, 1.807) is 28.3 Å². The second-order valence-corrected chi connectivity index (χ2v) is 22.1. The van der Waals surface area contributed by atoms with E-state index in [1.807, 2.05) is 27.7 Å². The molecule has 68 heavy (non-hydrogen) atoms. The Morgan fingerprint density at radius 2 is 1.16 bits per heavy atom. The second kappa shape index (κ2) is 20.1. The normalized spacial score (nSPS) is 53.8. The highest BCUT2D eigenvalue weighted by molar-refractivity contribution is 5.93. The number of ether oxygens (including phenoxy) is 14. The largest absolute Gasteiger partial charge is 0.455 e. The first kappa shape index (κ1) is 51.4. The molecule has 0 aromatic rings. The summed E-state index contributed by atoms with van der Waals surface area (Å²) in [5, 5.41) is 21.9. The maximum absolute atomic E-state index is 14.0. The molecule has 6 aliphatic heterocycles. The fourth-order valence-electron chi connectivity index (χ4n) is 14.4. The van der Waals surface area contributed by atoms with Crippen LogP contribution in [0.2, 0.25) is 0 Å². The van der Waals surface area contributed by atoms with Crippen molar-refractivity contribution in [3.8, 4) is 0 Å². The minimum Gasteiger partial charge on any atom is -0.455 e. The van der Waals surface area contributed by atoms with Crippen molar-refractivity contribution in [2.75, 3.05) is 21.3 Å². The van der Waals surface area contributed by atoms with Gasteiger partial charge < -0.3 is 76.5 Å². The fourth-order valence-corrected chi connectivity index (χ4v) is 14.4. The van der Waals surface area contributed by atoms with Crippen molar-refractivity contribution in [1.29, 1.82) is 0 Å². The van der Waals surface area contributed by atoms with Crippen LogP contribution in [0, 0.1) is 28.6 Å². The Bertz CT molecular complexity index is 1760. The molecule has 0 aromatic heterocycles. The van der Waals surface area contributed by atoms with Gasteiger partial charge in [0.15, 0.2) is 42.8 Å². The Morgan fingerprint density at radius 3 is 1.75 bits per heavy atom. The summed E-state index contributed by atoms with van der Waals surface area (Å²) >= 11 is 0. The van der Waals surface area contributed by atoms with Crippen molar-refractivity contribution >= 4 is 11.8 Å². The molecule has 0 amide bonds. The Balaban J connectivity index is 0.756. The Labute approximate surface area is 401 Å². The van der Waals surface area contributed by atoms with E-state index < -0.39 is 103 Å². The van der Waals surface area contributed by atoms with E-state index in [0.717, 1.165) is 38.5 Å². The molecule has 6 heterocycles. The SMILES string of the molecule is COC1CC(OC2C(C)OC(OC3C(O)CC(OC4C(C)OC(OC5CCC6(C)C(CCC78OC(C)C9CC(OC(C)=O)C(=O)C9(C)C(CC76)O8)C5)CC4OC)OC3C)CC2OC)OC(C)C1O. The molecular formula is C50H80O18. The van der Waals surface area contributed by atoms with Crippen LogP contribution >= 0.6 is 0 Å². The lowest BCUT2D eigenvalue weighted by Crippen LogP contribution is -2.58. The summed E-state index contributed by atoms with van der Waals surface area (Å²) in [4.78, 5) is 25.9. The van der Waals surface area contributed by atoms with E-state index in [1.165, 1.54) is 6.92 Å².